The van der Waals surface area contributed by atoms with Gasteiger partial charge in [-0.25, -0.2) is 0 Å². The van der Waals surface area contributed by atoms with E-state index in [1.165, 1.54) is 0 Å². The molecule has 1 atom stereocenters. The van der Waals surface area contributed by atoms with Crippen LogP contribution >= 0.6 is 0 Å². The maximum Gasteiger partial charge on any atom is 0.339 e. The Bertz CT molecular complexity index is 267. The summed E-state index contributed by atoms with van der Waals surface area (Å²) in [6.07, 6.45) is 0.845. The van der Waals surface area contributed by atoms with Gasteiger partial charge in [-0.3, -0.25) is 32.9 Å². The first-order chi connectivity index (χ1) is 6.93. The maximum atomic E-state index is 10.6. The number of guanidine groups is 2. The number of nitrogens with one attached hydrogen (secondary N) is 2. The highest BCUT2D eigenvalue weighted by Crippen LogP contribution is 1.87. The third-order valence-corrected chi connectivity index (χ3v) is 1.62. The summed E-state index contributed by atoms with van der Waals surface area (Å²) < 4.78 is 0. The van der Waals surface area contributed by atoms with E-state index in [0.717, 1.165) is 0 Å². The molecule has 0 spiro atoms. The van der Waals surface area contributed by atoms with Crippen LogP contribution in [0.2, 0.25) is 0 Å². The molecule has 0 heterocycles. The van der Waals surface area contributed by atoms with Gasteiger partial charge in [0.2, 0.25) is 0 Å². The number of carboxylic acid groups (broad SMARTS) is 1. The van der Waals surface area contributed by atoms with E-state index in [4.69, 9.17) is 22.9 Å². The van der Waals surface area contributed by atoms with Crippen LogP contribution in [-0.4, -0.2) is 30.5 Å². The van der Waals surface area contributed by atoms with Gasteiger partial charge in [0.05, 0.1) is 12.5 Å². The van der Waals surface area contributed by atoms with Crippen molar-refractivity contribution < 1.29 is 19.9 Å². The van der Waals surface area contributed by atoms with Gasteiger partial charge < -0.3 is 9.90 Å². The van der Waals surface area contributed by atoms with Crippen LogP contribution in [0.3, 0.4) is 0 Å². The average molecular weight is 217 g/mol. The van der Waals surface area contributed by atoms with Gasteiger partial charge in [-0.1, -0.05) is 0 Å². The molecule has 10 N–H and O–H groups in total. The Morgan fingerprint density at radius 2 is 1.80 bits per heavy atom. The number of rotatable bonds is 6. The van der Waals surface area contributed by atoms with Crippen LogP contribution in [0.4, 0.5) is 0 Å². The fraction of sp³-hybridized carbons (Fsp3) is 0.571. The summed E-state index contributed by atoms with van der Waals surface area (Å²) in [4.78, 5) is 15.6. The van der Waals surface area contributed by atoms with Crippen molar-refractivity contribution in [1.82, 2.24) is 0 Å². The number of hydrogen-bond donors (Lipinski definition) is 6. The standard InChI is InChI=1S/C7H16N6O2/c8-6(9)12-3-1-2-4(5(14)15)13-7(10)11/h4H,1-3H2,(H,14,15)(H4,8,9,12)(H4,10,11,13)/p+1/t4-/m0/s1. The van der Waals surface area contributed by atoms with Gasteiger partial charge in [-0.2, -0.15) is 0 Å². The van der Waals surface area contributed by atoms with E-state index in [-0.39, 0.29) is 11.9 Å². The summed E-state index contributed by atoms with van der Waals surface area (Å²) in [7, 11) is 0. The van der Waals surface area contributed by atoms with Crippen molar-refractivity contribution in [3.63, 3.8) is 0 Å². The summed E-state index contributed by atoms with van der Waals surface area (Å²) in [5.74, 6) is -1.31. The third-order valence-electron chi connectivity index (χ3n) is 1.62. The van der Waals surface area contributed by atoms with E-state index in [0.29, 0.717) is 19.4 Å². The van der Waals surface area contributed by atoms with Crippen molar-refractivity contribution >= 4 is 17.9 Å². The third kappa shape index (κ3) is 7.11. The van der Waals surface area contributed by atoms with Crippen LogP contribution < -0.4 is 38.0 Å². The lowest BCUT2D eigenvalue weighted by molar-refractivity contribution is -0.512. The van der Waals surface area contributed by atoms with E-state index < -0.39 is 12.0 Å². The molecule has 0 fully saturated rings. The van der Waals surface area contributed by atoms with Crippen molar-refractivity contribution in [2.75, 3.05) is 6.54 Å². The van der Waals surface area contributed by atoms with Crippen LogP contribution in [0.1, 0.15) is 12.8 Å². The number of hydrogen-bond acceptors (Lipinski definition) is 2. The molecule has 86 valence electrons. The highest BCUT2D eigenvalue weighted by molar-refractivity contribution is 5.73. The van der Waals surface area contributed by atoms with E-state index in [1.54, 1.807) is 0 Å². The van der Waals surface area contributed by atoms with E-state index >= 15 is 0 Å². The Morgan fingerprint density at radius 1 is 1.20 bits per heavy atom. The Balaban J connectivity index is 4.04. The van der Waals surface area contributed by atoms with Gasteiger partial charge in [0.1, 0.15) is 6.04 Å². The van der Waals surface area contributed by atoms with Gasteiger partial charge in [0.15, 0.2) is 0 Å². The molecule has 0 aliphatic rings. The van der Waals surface area contributed by atoms with Gasteiger partial charge in [-0.05, 0) is 12.8 Å². The van der Waals surface area contributed by atoms with E-state index in [1.807, 2.05) is 0 Å². The average Bonchev–Trinajstić information content (AvgIpc) is 2.08. The fourth-order valence-electron chi connectivity index (χ4n) is 0.989. The van der Waals surface area contributed by atoms with Crippen LogP contribution in [0.5, 0.6) is 0 Å². The highest BCUT2D eigenvalue weighted by atomic mass is 16.4. The number of carbonyl (C=O) groups is 1. The molecular weight excluding hydrogens is 200 g/mol. The van der Waals surface area contributed by atoms with Crippen molar-refractivity contribution in [3.05, 3.63) is 0 Å². The molecule has 0 aliphatic heterocycles. The molecule has 0 amide bonds. The van der Waals surface area contributed by atoms with Gasteiger partial charge in [0.25, 0.3) is 0 Å². The fourth-order valence-corrected chi connectivity index (χ4v) is 0.989. The Hall–Kier alpha value is -1.99. The van der Waals surface area contributed by atoms with Crippen LogP contribution in [0.15, 0.2) is 0 Å². The van der Waals surface area contributed by atoms with Gasteiger partial charge in [0, 0.05) is 0 Å². The van der Waals surface area contributed by atoms with Crippen molar-refractivity contribution in [3.8, 4) is 0 Å². The number of carboxylic acids is 1. The normalized spacial score (nSPS) is 11.5. The lowest BCUT2D eigenvalue weighted by Gasteiger charge is -2.11. The summed E-state index contributed by atoms with van der Waals surface area (Å²) in [6, 6.07) is -0.907. The van der Waals surface area contributed by atoms with Crippen molar-refractivity contribution in [2.45, 2.75) is 18.9 Å². The van der Waals surface area contributed by atoms with Crippen molar-refractivity contribution in [2.24, 2.45) is 22.9 Å². The molecule has 0 aromatic heterocycles. The Morgan fingerprint density at radius 3 is 2.20 bits per heavy atom. The smallest absolute Gasteiger partial charge is 0.339 e. The van der Waals surface area contributed by atoms with E-state index in [2.05, 4.69) is 9.98 Å². The minimum absolute atomic E-state index is 0.0952. The molecule has 8 nitrogen and oxygen atoms in total. The molecule has 0 aliphatic carbocycles. The minimum Gasteiger partial charge on any atom is -0.546 e. The van der Waals surface area contributed by atoms with Crippen LogP contribution in [0.25, 0.3) is 0 Å². The summed E-state index contributed by atoms with van der Waals surface area (Å²) in [5.41, 5.74) is 20.5. The molecule has 0 saturated heterocycles. The molecule has 0 aromatic rings. The molecule has 0 saturated carbocycles. The van der Waals surface area contributed by atoms with Crippen LogP contribution in [0, 0.1) is 0 Å². The molecule has 0 aromatic carbocycles. The Kier molecular flexibility index (Phi) is 5.60. The predicted molar refractivity (Wildman–Crippen MR) is 51.6 cm³/mol. The second kappa shape index (κ2) is 6.46. The van der Waals surface area contributed by atoms with E-state index in [9.17, 15) is 9.90 Å². The highest BCUT2D eigenvalue weighted by Gasteiger charge is 2.09. The lowest BCUT2D eigenvalue weighted by atomic mass is 10.1. The first-order valence-electron chi connectivity index (χ1n) is 4.40. The number of nitrogens with two attached hydrogens (primary N) is 4. The number of carbonyl (C=O) groups excluding carboxylic acids is 1. The van der Waals surface area contributed by atoms with Gasteiger partial charge >= 0.3 is 11.9 Å². The zero-order valence-corrected chi connectivity index (χ0v) is 8.32. The quantitative estimate of drug-likeness (QED) is 0.146. The molecule has 0 unspecified atom stereocenters. The molecule has 8 heteroatoms. The first kappa shape index (κ1) is 13.0. The minimum atomic E-state index is -1.26. The predicted octanol–water partition coefficient (Wildman–Crippen LogP) is -7.41. The molecule has 0 rings (SSSR count). The summed E-state index contributed by atoms with van der Waals surface area (Å²) in [5, 5.41) is 10.6. The lowest BCUT2D eigenvalue weighted by Crippen LogP contribution is -2.87. The van der Waals surface area contributed by atoms with Crippen LogP contribution in [-0.2, 0) is 4.79 Å². The zero-order valence-electron chi connectivity index (χ0n) is 8.32. The van der Waals surface area contributed by atoms with Gasteiger partial charge in [-0.15, -0.1) is 0 Å². The summed E-state index contributed by atoms with van der Waals surface area (Å²) in [6.45, 7) is 0.471. The zero-order chi connectivity index (χ0) is 11.8. The first-order valence-corrected chi connectivity index (χ1v) is 4.40. The maximum absolute atomic E-state index is 10.6. The second-order valence-corrected chi connectivity index (χ2v) is 3.00. The number of aliphatic carboxylic acids is 1. The monoisotopic (exact) mass is 217 g/mol. The Labute approximate surface area is 87.0 Å². The topological polar surface area (TPSA) is 172 Å². The molecule has 0 radical (unpaired) electrons. The summed E-state index contributed by atoms with van der Waals surface area (Å²) >= 11 is 0. The second-order valence-electron chi connectivity index (χ2n) is 3.00. The SMILES string of the molecule is NC(N)=[NH+]CCC[C@H]([NH+]=C(N)N)C(=O)[O-]. The largest absolute Gasteiger partial charge is 0.546 e. The van der Waals surface area contributed by atoms with Crippen molar-refractivity contribution in [1.29, 1.82) is 0 Å². The molecule has 15 heavy (non-hydrogen) atoms. The molecule has 0 bridgehead atoms. The molecular formula is C7H17N6O2+.